The van der Waals surface area contributed by atoms with Gasteiger partial charge in [-0.3, -0.25) is 0 Å². The summed E-state index contributed by atoms with van der Waals surface area (Å²) in [7, 11) is 1.98. The van der Waals surface area contributed by atoms with Gasteiger partial charge in [-0.25, -0.2) is 24.9 Å². The molecule has 0 amide bonds. The third kappa shape index (κ3) is 6.25. The quantitative estimate of drug-likeness (QED) is 0.279. The van der Waals surface area contributed by atoms with Crippen molar-refractivity contribution >= 4 is 76.7 Å². The Labute approximate surface area is 244 Å². The molecule has 1 aliphatic heterocycles. The van der Waals surface area contributed by atoms with Gasteiger partial charge >= 0.3 is 0 Å². The van der Waals surface area contributed by atoms with Gasteiger partial charge in [0.15, 0.2) is 5.82 Å². The summed E-state index contributed by atoms with van der Waals surface area (Å²) < 4.78 is 8.14. The number of nitrogens with zero attached hydrogens (tertiary/aromatic N) is 7. The summed E-state index contributed by atoms with van der Waals surface area (Å²) in [6.07, 6.45) is 6.93. The first-order chi connectivity index (χ1) is 17.5. The fourth-order valence-electron chi connectivity index (χ4n) is 4.47. The van der Waals surface area contributed by atoms with Crippen LogP contribution < -0.4 is 20.7 Å². The van der Waals surface area contributed by atoms with Gasteiger partial charge in [0.05, 0.1) is 23.6 Å². The van der Waals surface area contributed by atoms with E-state index in [-0.39, 0.29) is 43.3 Å². The number of nitrogens with two attached hydrogens (primary N) is 1. The molecule has 10 nitrogen and oxygen atoms in total. The van der Waals surface area contributed by atoms with E-state index in [9.17, 15) is 0 Å². The summed E-state index contributed by atoms with van der Waals surface area (Å²) in [4.78, 5) is 24.7. The van der Waals surface area contributed by atoms with Crippen LogP contribution in [0.3, 0.4) is 0 Å². The zero-order valence-corrected chi connectivity index (χ0v) is 23.9. The third-order valence-electron chi connectivity index (χ3n) is 6.55. The van der Waals surface area contributed by atoms with E-state index in [1.54, 1.807) is 12.5 Å². The third-order valence-corrected chi connectivity index (χ3v) is 6.55. The molecule has 13 heteroatoms. The average Bonchev–Trinajstić information content (AvgIpc) is 3.26. The Balaban J connectivity index is 0.00000140. The first-order valence-electron chi connectivity index (χ1n) is 12.0. The Morgan fingerprint density at radius 2 is 1.74 bits per heavy atom. The normalized spacial score (nSPS) is 13.4. The predicted molar refractivity (Wildman–Crippen MR) is 162 cm³/mol. The van der Waals surface area contributed by atoms with Gasteiger partial charge in [0.25, 0.3) is 0 Å². The van der Waals surface area contributed by atoms with E-state index in [0.717, 1.165) is 59.7 Å². The van der Waals surface area contributed by atoms with E-state index in [4.69, 9.17) is 15.5 Å². The first kappa shape index (κ1) is 30.1. The first-order valence-corrected chi connectivity index (χ1v) is 12.0. The molecule has 1 saturated heterocycles. The number of rotatable bonds is 5. The molecule has 0 bridgehead atoms. The molecular formula is C26H30Cl3N9O. The maximum atomic E-state index is 6.15. The maximum absolute atomic E-state index is 6.15. The van der Waals surface area contributed by atoms with Crippen LogP contribution in [0.15, 0.2) is 55.2 Å². The number of nitrogens with one attached hydrogen (secondary N) is 1. The van der Waals surface area contributed by atoms with Gasteiger partial charge in [-0.05, 0) is 55.7 Å². The molecule has 2 aromatic carbocycles. The van der Waals surface area contributed by atoms with Crippen LogP contribution in [-0.4, -0.2) is 48.6 Å². The fraction of sp³-hybridized carbons (Fsp3) is 0.269. The molecule has 0 saturated carbocycles. The van der Waals surface area contributed by atoms with Gasteiger partial charge in [0, 0.05) is 37.9 Å². The van der Waals surface area contributed by atoms with Gasteiger partial charge in [-0.1, -0.05) is 0 Å². The van der Waals surface area contributed by atoms with Gasteiger partial charge in [-0.2, -0.15) is 0 Å². The van der Waals surface area contributed by atoms with Crippen molar-refractivity contribution in [2.24, 2.45) is 12.8 Å². The number of hydrogen-bond donors (Lipinski definition) is 2. The summed E-state index contributed by atoms with van der Waals surface area (Å²) in [6, 6.07) is 12.1. The minimum Gasteiger partial charge on any atom is -0.457 e. The Hall–Kier alpha value is -3.44. The second-order valence-electron chi connectivity index (χ2n) is 9.16. The molecule has 0 spiro atoms. The monoisotopic (exact) mass is 589 g/mol. The molecule has 0 radical (unpaired) electrons. The molecule has 1 aliphatic rings. The Bertz CT molecular complexity index is 1570. The Kier molecular flexibility index (Phi) is 9.73. The number of ether oxygens (including phenoxy) is 1. The predicted octanol–water partition coefficient (Wildman–Crippen LogP) is 5.34. The van der Waals surface area contributed by atoms with E-state index in [2.05, 4.69) is 30.2 Å². The second-order valence-corrected chi connectivity index (χ2v) is 9.16. The molecule has 3 N–H and O–H groups in total. The van der Waals surface area contributed by atoms with Crippen molar-refractivity contribution in [2.45, 2.75) is 25.8 Å². The summed E-state index contributed by atoms with van der Waals surface area (Å²) in [6.45, 7) is 3.70. The molecule has 0 unspecified atom stereocenters. The van der Waals surface area contributed by atoms with E-state index in [1.807, 2.05) is 54.9 Å². The van der Waals surface area contributed by atoms with Crippen LogP contribution in [0.4, 0.5) is 17.5 Å². The molecule has 6 rings (SSSR count). The van der Waals surface area contributed by atoms with Gasteiger partial charge in [0.2, 0.25) is 5.95 Å². The van der Waals surface area contributed by atoms with Gasteiger partial charge in [0.1, 0.15) is 28.9 Å². The molecule has 206 valence electrons. The lowest BCUT2D eigenvalue weighted by Crippen LogP contribution is -2.40. The Morgan fingerprint density at radius 1 is 0.949 bits per heavy atom. The van der Waals surface area contributed by atoms with Crippen LogP contribution in [-0.2, 0) is 7.05 Å². The number of benzene rings is 2. The van der Waals surface area contributed by atoms with Crippen molar-refractivity contribution in [1.29, 1.82) is 0 Å². The SMILES string of the molecule is Cc1cc(Nc2ncnc3cnc(N4CCC(N)CC4)nc23)ccc1Oc1ccc2c(c1)ncn2C.Cl.Cl.Cl. The number of piperidine rings is 1. The highest BCUT2D eigenvalue weighted by molar-refractivity contribution is 5.87. The van der Waals surface area contributed by atoms with Crippen molar-refractivity contribution in [3.8, 4) is 11.5 Å². The number of halogens is 3. The summed E-state index contributed by atoms with van der Waals surface area (Å²) in [5.41, 5.74) is 11.2. The smallest absolute Gasteiger partial charge is 0.226 e. The van der Waals surface area contributed by atoms with Crippen LogP contribution in [0, 0.1) is 6.92 Å². The van der Waals surface area contributed by atoms with Crippen LogP contribution in [0.2, 0.25) is 0 Å². The highest BCUT2D eigenvalue weighted by Crippen LogP contribution is 2.31. The van der Waals surface area contributed by atoms with Gasteiger partial charge < -0.3 is 25.3 Å². The molecular weight excluding hydrogens is 561 g/mol. The molecule has 5 aromatic rings. The van der Waals surface area contributed by atoms with Crippen LogP contribution in [0.1, 0.15) is 18.4 Å². The molecule has 1 fully saturated rings. The average molecular weight is 591 g/mol. The maximum Gasteiger partial charge on any atom is 0.226 e. The number of imidazole rings is 1. The molecule has 3 aromatic heterocycles. The van der Waals surface area contributed by atoms with E-state index in [0.29, 0.717) is 22.8 Å². The minimum atomic E-state index is 0. The molecule has 0 aliphatic carbocycles. The number of aryl methyl sites for hydroxylation is 2. The second kappa shape index (κ2) is 12.6. The van der Waals surface area contributed by atoms with Gasteiger partial charge in [-0.15, -0.1) is 37.2 Å². The topological polar surface area (TPSA) is 120 Å². The van der Waals surface area contributed by atoms with E-state index < -0.39 is 0 Å². The number of aromatic nitrogens is 6. The molecule has 4 heterocycles. The van der Waals surface area contributed by atoms with Crippen molar-refractivity contribution in [2.75, 3.05) is 23.3 Å². The van der Waals surface area contributed by atoms with E-state index in [1.165, 1.54) is 6.33 Å². The zero-order chi connectivity index (χ0) is 24.6. The van der Waals surface area contributed by atoms with Crippen LogP contribution >= 0.6 is 37.2 Å². The highest BCUT2D eigenvalue weighted by Gasteiger charge is 2.19. The Morgan fingerprint density at radius 3 is 2.51 bits per heavy atom. The van der Waals surface area contributed by atoms with E-state index >= 15 is 0 Å². The summed E-state index contributed by atoms with van der Waals surface area (Å²) in [5.74, 6) is 2.83. The number of anilines is 3. The standard InChI is InChI=1S/C26H27N9O.3ClH/c1-16-11-18(3-6-23(16)36-19-4-5-22-20(12-19)31-15-34(22)2)32-25-24-21(29-14-30-25)13-28-26(33-24)35-9-7-17(27)8-10-35;;;/h3-6,11-15,17H,7-10,27H2,1-2H3,(H,29,30,32);3*1H. The zero-order valence-electron chi connectivity index (χ0n) is 21.4. The van der Waals surface area contributed by atoms with Crippen molar-refractivity contribution in [1.82, 2.24) is 29.5 Å². The van der Waals surface area contributed by atoms with Crippen molar-refractivity contribution in [3.63, 3.8) is 0 Å². The lowest BCUT2D eigenvalue weighted by molar-refractivity contribution is 0.479. The van der Waals surface area contributed by atoms with Crippen LogP contribution in [0.25, 0.3) is 22.1 Å². The molecule has 39 heavy (non-hydrogen) atoms. The summed E-state index contributed by atoms with van der Waals surface area (Å²) in [5, 5.41) is 3.39. The summed E-state index contributed by atoms with van der Waals surface area (Å²) >= 11 is 0. The van der Waals surface area contributed by atoms with Crippen molar-refractivity contribution < 1.29 is 4.74 Å². The van der Waals surface area contributed by atoms with Crippen molar-refractivity contribution in [3.05, 3.63) is 60.8 Å². The molecule has 0 atom stereocenters. The van der Waals surface area contributed by atoms with Crippen LogP contribution in [0.5, 0.6) is 11.5 Å². The lowest BCUT2D eigenvalue weighted by atomic mass is 10.1. The highest BCUT2D eigenvalue weighted by atomic mass is 35.5. The number of fused-ring (bicyclic) bond motifs is 2. The fourth-order valence-corrected chi connectivity index (χ4v) is 4.47. The largest absolute Gasteiger partial charge is 0.457 e. The minimum absolute atomic E-state index is 0. The number of hydrogen-bond acceptors (Lipinski definition) is 9. The lowest BCUT2D eigenvalue weighted by Gasteiger charge is -2.30.